The molecule has 1 saturated carbocycles. The Balaban J connectivity index is 1.56. The van der Waals surface area contributed by atoms with Gasteiger partial charge in [-0.3, -0.25) is 4.79 Å². The second-order valence-corrected chi connectivity index (χ2v) is 11.2. The number of benzene rings is 2. The van der Waals surface area contributed by atoms with Crippen LogP contribution in [0.25, 0.3) is 0 Å². The summed E-state index contributed by atoms with van der Waals surface area (Å²) in [6.07, 6.45) is 5.85. The summed E-state index contributed by atoms with van der Waals surface area (Å²) in [4.78, 5) is 12.9. The largest absolute Gasteiger partial charge is 0.351 e. The Morgan fingerprint density at radius 2 is 1.90 bits per heavy atom. The Labute approximate surface area is 196 Å². The van der Waals surface area contributed by atoms with Crippen LogP contribution in [0.15, 0.2) is 36.4 Å². The van der Waals surface area contributed by atoms with Gasteiger partial charge in [0.25, 0.3) is 5.91 Å². The summed E-state index contributed by atoms with van der Waals surface area (Å²) in [5.74, 6) is 0.988. The zero-order valence-electron chi connectivity index (χ0n) is 19.0. The summed E-state index contributed by atoms with van der Waals surface area (Å²) < 4.78 is 0. The van der Waals surface area contributed by atoms with E-state index in [9.17, 15) is 4.79 Å². The first-order valence-electron chi connectivity index (χ1n) is 11.5. The number of nitrogens with one attached hydrogen (secondary N) is 1. The number of hydrogen-bond donors (Lipinski definition) is 1. The standard InChI is InChI=1S/C27H33Cl2NO/c1-17(2)18-6-10-22-19(14-18)7-11-24-26(3,12-5-13-27(22,24)4)16-30-25(31)21-9-8-20(28)15-23(21)29/h6,8-10,14-15,17,24H,5,7,11-13,16H2,1-4H3,(H,30,31)/t24-,26-,27+/m0/s1. The minimum atomic E-state index is -0.118. The Morgan fingerprint density at radius 1 is 1.13 bits per heavy atom. The Kier molecular flexibility index (Phi) is 6.18. The maximum absolute atomic E-state index is 12.9. The molecule has 2 nitrogen and oxygen atoms in total. The molecular weight excluding hydrogens is 425 g/mol. The van der Waals surface area contributed by atoms with Crippen molar-refractivity contribution in [3.63, 3.8) is 0 Å². The van der Waals surface area contributed by atoms with Crippen LogP contribution in [0.2, 0.25) is 10.0 Å². The van der Waals surface area contributed by atoms with Gasteiger partial charge in [0.05, 0.1) is 10.6 Å². The number of fused-ring (bicyclic) bond motifs is 3. The van der Waals surface area contributed by atoms with Crippen LogP contribution < -0.4 is 5.32 Å². The van der Waals surface area contributed by atoms with Crippen molar-refractivity contribution in [3.8, 4) is 0 Å². The molecular formula is C27H33Cl2NO. The van der Waals surface area contributed by atoms with Crippen LogP contribution in [0.3, 0.4) is 0 Å². The monoisotopic (exact) mass is 457 g/mol. The van der Waals surface area contributed by atoms with Gasteiger partial charge in [0.1, 0.15) is 0 Å². The minimum absolute atomic E-state index is 0.0654. The van der Waals surface area contributed by atoms with Gasteiger partial charge in [-0.05, 0) is 83.2 Å². The number of rotatable bonds is 4. The molecule has 1 amide bonds. The van der Waals surface area contributed by atoms with E-state index in [-0.39, 0.29) is 16.7 Å². The molecule has 1 N–H and O–H groups in total. The highest BCUT2D eigenvalue weighted by Gasteiger charge is 2.51. The van der Waals surface area contributed by atoms with Crippen molar-refractivity contribution in [1.29, 1.82) is 0 Å². The van der Waals surface area contributed by atoms with E-state index in [0.717, 1.165) is 12.8 Å². The van der Waals surface area contributed by atoms with Gasteiger partial charge in [-0.15, -0.1) is 0 Å². The van der Waals surface area contributed by atoms with E-state index in [1.807, 2.05) is 0 Å². The molecule has 0 unspecified atom stereocenters. The predicted molar refractivity (Wildman–Crippen MR) is 130 cm³/mol. The normalized spacial score (nSPS) is 27.5. The smallest absolute Gasteiger partial charge is 0.252 e. The zero-order valence-corrected chi connectivity index (χ0v) is 20.5. The van der Waals surface area contributed by atoms with Crippen LogP contribution in [-0.2, 0) is 11.8 Å². The second kappa shape index (κ2) is 8.45. The summed E-state index contributed by atoms with van der Waals surface area (Å²) in [5, 5.41) is 4.14. The Bertz CT molecular complexity index is 1000. The summed E-state index contributed by atoms with van der Waals surface area (Å²) >= 11 is 12.2. The van der Waals surface area contributed by atoms with Crippen molar-refractivity contribution < 1.29 is 4.79 Å². The molecule has 1 fully saturated rings. The van der Waals surface area contributed by atoms with Crippen LogP contribution in [0, 0.1) is 11.3 Å². The van der Waals surface area contributed by atoms with E-state index in [0.29, 0.717) is 34.0 Å². The van der Waals surface area contributed by atoms with E-state index in [1.165, 1.54) is 36.0 Å². The van der Waals surface area contributed by atoms with E-state index < -0.39 is 0 Å². The highest BCUT2D eigenvalue weighted by molar-refractivity contribution is 6.36. The predicted octanol–water partition coefficient (Wildman–Crippen LogP) is 7.56. The van der Waals surface area contributed by atoms with Gasteiger partial charge in [-0.2, -0.15) is 0 Å². The molecule has 0 radical (unpaired) electrons. The molecule has 0 spiro atoms. The highest BCUT2D eigenvalue weighted by Crippen LogP contribution is 2.57. The Morgan fingerprint density at radius 3 is 2.61 bits per heavy atom. The van der Waals surface area contributed by atoms with E-state index in [1.54, 1.807) is 18.2 Å². The Hall–Kier alpha value is -1.51. The summed E-state index contributed by atoms with van der Waals surface area (Å²) in [5.41, 5.74) is 5.22. The quantitative estimate of drug-likeness (QED) is 0.503. The molecule has 2 aromatic carbocycles. The summed E-state index contributed by atoms with van der Waals surface area (Å²) in [7, 11) is 0. The summed E-state index contributed by atoms with van der Waals surface area (Å²) in [6.45, 7) is 10.0. The molecule has 0 aromatic heterocycles. The number of carbonyl (C=O) groups excluding carboxylic acids is 1. The zero-order chi connectivity index (χ0) is 22.4. The maximum atomic E-state index is 12.9. The lowest BCUT2D eigenvalue weighted by Crippen LogP contribution is -2.53. The average Bonchev–Trinajstić information content (AvgIpc) is 2.71. The molecule has 31 heavy (non-hydrogen) atoms. The number of carbonyl (C=O) groups is 1. The van der Waals surface area contributed by atoms with Gasteiger partial charge < -0.3 is 5.32 Å². The third-order valence-corrected chi connectivity index (χ3v) is 8.54. The fourth-order valence-corrected chi connectivity index (χ4v) is 6.76. The molecule has 166 valence electrons. The maximum Gasteiger partial charge on any atom is 0.252 e. The average molecular weight is 458 g/mol. The van der Waals surface area contributed by atoms with Gasteiger partial charge in [0.2, 0.25) is 0 Å². The third kappa shape index (κ3) is 4.14. The van der Waals surface area contributed by atoms with Gasteiger partial charge in [0, 0.05) is 11.6 Å². The number of amides is 1. The number of halogens is 2. The number of aryl methyl sites for hydroxylation is 1. The molecule has 0 bridgehead atoms. The second-order valence-electron chi connectivity index (χ2n) is 10.4. The van der Waals surface area contributed by atoms with Crippen molar-refractivity contribution in [2.45, 2.75) is 71.1 Å². The first-order valence-corrected chi connectivity index (χ1v) is 12.3. The fourth-order valence-electron chi connectivity index (χ4n) is 6.27. The summed E-state index contributed by atoms with van der Waals surface area (Å²) in [6, 6.07) is 12.2. The van der Waals surface area contributed by atoms with Gasteiger partial charge in [-0.25, -0.2) is 0 Å². The van der Waals surface area contributed by atoms with Crippen molar-refractivity contribution >= 4 is 29.1 Å². The molecule has 0 heterocycles. The molecule has 2 aliphatic carbocycles. The van der Waals surface area contributed by atoms with Crippen molar-refractivity contribution in [2.75, 3.05) is 6.54 Å². The lowest BCUT2D eigenvalue weighted by atomic mass is 9.49. The van der Waals surface area contributed by atoms with Gasteiger partial charge >= 0.3 is 0 Å². The van der Waals surface area contributed by atoms with Crippen molar-refractivity contribution in [1.82, 2.24) is 5.32 Å². The third-order valence-electron chi connectivity index (χ3n) is 8.00. The minimum Gasteiger partial charge on any atom is -0.351 e. The SMILES string of the molecule is CC(C)c1ccc2c(c1)CC[C@H]1[C@](C)(CNC(=O)c3ccc(Cl)cc3Cl)CCC[C@]21C. The van der Waals surface area contributed by atoms with Gasteiger partial charge in [-0.1, -0.05) is 75.5 Å². The molecule has 3 atom stereocenters. The van der Waals surface area contributed by atoms with Crippen LogP contribution >= 0.6 is 23.2 Å². The molecule has 2 aliphatic rings. The van der Waals surface area contributed by atoms with Crippen LogP contribution in [-0.4, -0.2) is 12.5 Å². The van der Waals surface area contributed by atoms with E-state index in [2.05, 4.69) is 51.2 Å². The first kappa shape index (κ1) is 22.7. The molecule has 2 aromatic rings. The van der Waals surface area contributed by atoms with E-state index in [4.69, 9.17) is 23.2 Å². The molecule has 4 heteroatoms. The highest BCUT2D eigenvalue weighted by atomic mass is 35.5. The molecule has 0 aliphatic heterocycles. The number of hydrogen-bond acceptors (Lipinski definition) is 1. The van der Waals surface area contributed by atoms with E-state index >= 15 is 0 Å². The first-order chi connectivity index (χ1) is 14.6. The molecule has 0 saturated heterocycles. The van der Waals surface area contributed by atoms with Crippen molar-refractivity contribution in [3.05, 3.63) is 68.7 Å². The van der Waals surface area contributed by atoms with Crippen LogP contribution in [0.4, 0.5) is 0 Å². The lowest BCUT2D eigenvalue weighted by Gasteiger charge is -2.55. The van der Waals surface area contributed by atoms with Crippen LogP contribution in [0.5, 0.6) is 0 Å². The lowest BCUT2D eigenvalue weighted by molar-refractivity contribution is 0.0254. The topological polar surface area (TPSA) is 29.1 Å². The molecule has 4 rings (SSSR count). The van der Waals surface area contributed by atoms with Gasteiger partial charge in [0.15, 0.2) is 0 Å². The fraction of sp³-hybridized carbons (Fsp3) is 0.519. The van der Waals surface area contributed by atoms with Crippen molar-refractivity contribution in [2.24, 2.45) is 11.3 Å². The van der Waals surface area contributed by atoms with Crippen LogP contribution in [0.1, 0.15) is 86.3 Å².